The smallest absolute Gasteiger partial charge is 0.344 e. The minimum Gasteiger partial charge on any atom is -0.543 e. The summed E-state index contributed by atoms with van der Waals surface area (Å²) >= 11 is 3.37. The lowest BCUT2D eigenvalue weighted by Gasteiger charge is -2.50. The third-order valence-corrected chi connectivity index (χ3v) is 8.92. The molecule has 2 aliphatic heterocycles. The van der Waals surface area contributed by atoms with Crippen molar-refractivity contribution in [3.63, 3.8) is 0 Å². The third kappa shape index (κ3) is 5.93. The average Bonchev–Trinajstić information content (AvgIpc) is 3.35. The molecular formula is C21H24N10O7S3. The van der Waals surface area contributed by atoms with Crippen molar-refractivity contribution in [1.29, 1.82) is 0 Å². The number of nitrogens with one attached hydrogen (secondary N) is 2. The number of hydrogen-bond donors (Lipinski definition) is 6. The number of hydrogen-bond acceptors (Lipinski definition) is 16. The fraction of sp³-hybridized carbons (Fsp3) is 0.333. The Morgan fingerprint density at radius 3 is 2.71 bits per heavy atom. The Morgan fingerprint density at radius 2 is 2.10 bits per heavy atom. The highest BCUT2D eigenvalue weighted by molar-refractivity contribution is 8.01. The van der Waals surface area contributed by atoms with Crippen LogP contribution in [0.1, 0.15) is 11.3 Å². The summed E-state index contributed by atoms with van der Waals surface area (Å²) < 4.78 is 1.30. The summed E-state index contributed by atoms with van der Waals surface area (Å²) in [5, 5.41) is 31.0. The van der Waals surface area contributed by atoms with E-state index in [4.69, 9.17) is 27.3 Å². The standard InChI is InChI=1S/C21H24N10O7S3/c1-7-14(22)28-21(31(24)15(7)25-2)41-5-8-4-39-18-12(17(35)30(18)13(8)19(36)37)27-16(34)11(29-38-3-10(32)33)9-6-40-20(23)26-9/h6,12,18H,3-5,24H2,1-2H3,(H7,22,23,25,26,27,32,33,34,36,37)/b29-11-/t12?,18-/m1/s1. The topological polar surface area (TPSA) is 268 Å². The molecule has 0 bridgehead atoms. The quantitative estimate of drug-likeness (QED) is 0.0277. The van der Waals surface area contributed by atoms with Gasteiger partial charge in [0.1, 0.15) is 17.1 Å². The van der Waals surface area contributed by atoms with Gasteiger partial charge in [-0.2, -0.15) is 0 Å². The Kier molecular flexibility index (Phi) is 8.73. The largest absolute Gasteiger partial charge is 0.543 e. The molecule has 41 heavy (non-hydrogen) atoms. The molecule has 2 aromatic heterocycles. The van der Waals surface area contributed by atoms with Gasteiger partial charge in [0.25, 0.3) is 17.6 Å². The van der Waals surface area contributed by atoms with Crippen LogP contribution >= 0.6 is 34.9 Å². The van der Waals surface area contributed by atoms with Crippen LogP contribution in [0.2, 0.25) is 0 Å². The second-order valence-corrected chi connectivity index (χ2v) is 11.4. The van der Waals surface area contributed by atoms with Gasteiger partial charge in [0.15, 0.2) is 10.8 Å². The number of fused-ring (bicyclic) bond motifs is 1. The van der Waals surface area contributed by atoms with E-state index >= 15 is 0 Å². The Morgan fingerprint density at radius 1 is 1.37 bits per heavy atom. The van der Waals surface area contributed by atoms with Gasteiger partial charge in [0.2, 0.25) is 12.4 Å². The number of carbonyl (C=O) groups excluding carboxylic acids is 3. The van der Waals surface area contributed by atoms with E-state index in [1.165, 1.54) is 21.8 Å². The average molecular weight is 625 g/mol. The van der Waals surface area contributed by atoms with Crippen LogP contribution in [-0.2, 0) is 24.0 Å². The van der Waals surface area contributed by atoms with E-state index in [0.717, 1.165) is 28.0 Å². The molecule has 2 amide bonds. The first kappa shape index (κ1) is 29.7. The highest BCUT2D eigenvalue weighted by Crippen LogP contribution is 2.41. The van der Waals surface area contributed by atoms with Crippen molar-refractivity contribution in [2.24, 2.45) is 5.16 Å². The predicted octanol–water partition coefficient (Wildman–Crippen LogP) is -2.94. The molecule has 0 radical (unpaired) electrons. The second-order valence-electron chi connectivity index (χ2n) is 8.44. The van der Waals surface area contributed by atoms with Crippen LogP contribution in [0.15, 0.2) is 27.0 Å². The number of nitrogen functional groups attached to an aromatic ring is 3. The molecule has 1 saturated heterocycles. The first-order valence-corrected chi connectivity index (χ1v) is 14.5. The number of carboxylic acids is 2. The molecule has 218 valence electrons. The van der Waals surface area contributed by atoms with Crippen molar-refractivity contribution in [2.45, 2.75) is 23.5 Å². The SMILES string of the molecule is CNc1c(C)c(N)nc(SCC2=C(C(=O)[O-])N3C(=O)C(NC(=O)/C(=N\OCC(=O)O)c4csc(N)n4)[C@H]3SC2)[n+]1N. The van der Waals surface area contributed by atoms with Gasteiger partial charge >= 0.3 is 11.1 Å². The molecule has 4 rings (SSSR count). The Balaban J connectivity index is 1.52. The van der Waals surface area contributed by atoms with Crippen LogP contribution in [0, 0.1) is 6.92 Å². The number of carboxylic acid groups (broad SMARTS) is 2. The number of carbonyl (C=O) groups is 4. The summed E-state index contributed by atoms with van der Waals surface area (Å²) in [5.41, 5.74) is 11.9. The maximum Gasteiger partial charge on any atom is 0.344 e. The van der Waals surface area contributed by atoms with E-state index in [1.54, 1.807) is 14.0 Å². The molecule has 4 heterocycles. The van der Waals surface area contributed by atoms with Crippen molar-refractivity contribution >= 4 is 81.1 Å². The lowest BCUT2D eigenvalue weighted by molar-refractivity contribution is -0.668. The molecular weight excluding hydrogens is 600 g/mol. The second kappa shape index (κ2) is 12.1. The number of oxime groups is 1. The molecule has 1 fully saturated rings. The number of rotatable bonds is 11. The van der Waals surface area contributed by atoms with Crippen LogP contribution in [0.5, 0.6) is 0 Å². The zero-order valence-corrected chi connectivity index (χ0v) is 23.9. The Labute approximate surface area is 244 Å². The predicted molar refractivity (Wildman–Crippen MR) is 148 cm³/mol. The molecule has 1 unspecified atom stereocenters. The highest BCUT2D eigenvalue weighted by Gasteiger charge is 2.53. The molecule has 0 aromatic carbocycles. The fourth-order valence-corrected chi connectivity index (χ4v) is 6.90. The molecule has 2 aromatic rings. The lowest BCUT2D eigenvalue weighted by atomic mass is 10.0. The van der Waals surface area contributed by atoms with E-state index in [9.17, 15) is 24.3 Å². The van der Waals surface area contributed by atoms with Gasteiger partial charge < -0.3 is 41.9 Å². The van der Waals surface area contributed by atoms with Gasteiger partial charge in [0.05, 0.1) is 17.2 Å². The molecule has 17 nitrogen and oxygen atoms in total. The van der Waals surface area contributed by atoms with Gasteiger partial charge in [0, 0.05) is 23.9 Å². The number of aliphatic carboxylic acids is 2. The Bertz CT molecular complexity index is 1490. The molecule has 0 aliphatic carbocycles. The number of nitrogens with zero attached hydrogens (tertiary/aromatic N) is 5. The van der Waals surface area contributed by atoms with E-state index in [-0.39, 0.29) is 33.8 Å². The number of thioether (sulfide) groups is 2. The summed E-state index contributed by atoms with van der Waals surface area (Å²) in [4.78, 5) is 63.0. The number of thiazole rings is 1. The third-order valence-electron chi connectivity index (χ3n) is 5.87. The monoisotopic (exact) mass is 624 g/mol. The molecule has 0 spiro atoms. The molecule has 2 aliphatic rings. The van der Waals surface area contributed by atoms with Crippen molar-refractivity contribution in [1.82, 2.24) is 20.2 Å². The van der Waals surface area contributed by atoms with Gasteiger partial charge in [-0.15, -0.1) is 27.8 Å². The lowest BCUT2D eigenvalue weighted by Crippen LogP contribution is -2.71. The number of anilines is 3. The number of β-lactam (4-membered cyclic amide) rings is 1. The van der Waals surface area contributed by atoms with Crippen molar-refractivity contribution < 1.29 is 38.9 Å². The van der Waals surface area contributed by atoms with Crippen LogP contribution in [0.3, 0.4) is 0 Å². The van der Waals surface area contributed by atoms with Crippen LogP contribution < -0.4 is 37.7 Å². The maximum atomic E-state index is 13.1. The van der Waals surface area contributed by atoms with Crippen molar-refractivity contribution in [3.8, 4) is 0 Å². The van der Waals surface area contributed by atoms with Gasteiger partial charge in [-0.05, 0) is 24.3 Å². The molecule has 20 heteroatoms. The van der Waals surface area contributed by atoms with E-state index in [0.29, 0.717) is 22.1 Å². The number of aromatic nitrogens is 3. The normalized spacial score (nSPS) is 18.4. The zero-order valence-electron chi connectivity index (χ0n) is 21.4. The summed E-state index contributed by atoms with van der Waals surface area (Å²) in [6.07, 6.45) is 0. The van der Waals surface area contributed by atoms with Gasteiger partial charge in [-0.25, -0.2) is 9.78 Å². The molecule has 2 atom stereocenters. The van der Waals surface area contributed by atoms with Gasteiger partial charge in [-0.1, -0.05) is 10.1 Å². The summed E-state index contributed by atoms with van der Waals surface area (Å²) in [5.74, 6) is 2.77. The van der Waals surface area contributed by atoms with E-state index in [1.807, 2.05) is 0 Å². The van der Waals surface area contributed by atoms with Crippen LogP contribution in [-0.4, -0.2) is 86.0 Å². The van der Waals surface area contributed by atoms with E-state index < -0.39 is 47.5 Å². The maximum absolute atomic E-state index is 13.1. The highest BCUT2D eigenvalue weighted by atomic mass is 32.2. The number of amides is 2. The minimum atomic E-state index is -1.56. The minimum absolute atomic E-state index is 0.00821. The summed E-state index contributed by atoms with van der Waals surface area (Å²) in [7, 11) is 1.67. The Hall–Kier alpha value is -4.30. The van der Waals surface area contributed by atoms with E-state index in [2.05, 4.69) is 25.8 Å². The van der Waals surface area contributed by atoms with Crippen molar-refractivity contribution in [3.05, 3.63) is 27.9 Å². The van der Waals surface area contributed by atoms with Crippen LogP contribution in [0.4, 0.5) is 16.8 Å². The summed E-state index contributed by atoms with van der Waals surface area (Å²) in [6.45, 7) is 0.923. The zero-order chi connectivity index (χ0) is 30.0. The van der Waals surface area contributed by atoms with Gasteiger partial charge in [-0.3, -0.25) is 20.3 Å². The molecule has 9 N–H and O–H groups in total. The first-order valence-electron chi connectivity index (χ1n) is 11.5. The fourth-order valence-electron chi connectivity index (χ4n) is 3.95. The van der Waals surface area contributed by atoms with Crippen LogP contribution in [0.25, 0.3) is 0 Å². The summed E-state index contributed by atoms with van der Waals surface area (Å²) in [6, 6.07) is -1.11. The number of nitrogens with two attached hydrogens (primary N) is 3. The first-order chi connectivity index (χ1) is 19.4. The molecule has 0 saturated carbocycles. The van der Waals surface area contributed by atoms with Crippen molar-refractivity contribution in [2.75, 3.05) is 47.8 Å².